The van der Waals surface area contributed by atoms with Gasteiger partial charge in [-0.25, -0.2) is 0 Å². The second-order valence-electron chi connectivity index (χ2n) is 6.80. The fourth-order valence-corrected chi connectivity index (χ4v) is 4.10. The van der Waals surface area contributed by atoms with Gasteiger partial charge in [-0.3, -0.25) is 4.98 Å². The minimum Gasteiger partial charge on any atom is -0.362 e. The summed E-state index contributed by atoms with van der Waals surface area (Å²) in [6.45, 7) is 8.74. The Morgan fingerprint density at radius 1 is 1.36 bits per heavy atom. The highest BCUT2D eigenvalue weighted by Gasteiger charge is 2.39. The van der Waals surface area contributed by atoms with Crippen LogP contribution in [-0.2, 0) is 5.41 Å². The molecule has 22 heavy (non-hydrogen) atoms. The van der Waals surface area contributed by atoms with Gasteiger partial charge in [0.2, 0.25) is 0 Å². The van der Waals surface area contributed by atoms with Gasteiger partial charge in [0.1, 0.15) is 0 Å². The summed E-state index contributed by atoms with van der Waals surface area (Å²) in [6.07, 6.45) is 1.11. The normalized spacial score (nSPS) is 17.5. The average molecular weight is 315 g/mol. The van der Waals surface area contributed by atoms with E-state index < -0.39 is 0 Å². The number of fused-ring (bicyclic) bond motifs is 1. The van der Waals surface area contributed by atoms with Gasteiger partial charge in [0, 0.05) is 17.7 Å². The van der Waals surface area contributed by atoms with E-state index >= 15 is 0 Å². The Balaban J connectivity index is 2.00. The minimum absolute atomic E-state index is 0.106. The van der Waals surface area contributed by atoms with Gasteiger partial charge < -0.3 is 10.2 Å². The SMILES string of the molecule is CNCCC(c1ccsc1)N1CC(C)(C)c2nc(C)ccc21. The lowest BCUT2D eigenvalue weighted by molar-refractivity contribution is 0.491. The van der Waals surface area contributed by atoms with Crippen molar-refractivity contribution >= 4 is 17.0 Å². The molecular formula is C18H25N3S. The Hall–Kier alpha value is -1.39. The first-order chi connectivity index (χ1) is 10.5. The van der Waals surface area contributed by atoms with Crippen molar-refractivity contribution in [1.29, 1.82) is 0 Å². The predicted molar refractivity (Wildman–Crippen MR) is 94.9 cm³/mol. The van der Waals surface area contributed by atoms with Gasteiger partial charge in [-0.15, -0.1) is 0 Å². The lowest BCUT2D eigenvalue weighted by Crippen LogP contribution is -2.33. The molecule has 0 aliphatic carbocycles. The van der Waals surface area contributed by atoms with Gasteiger partial charge in [0.05, 0.1) is 17.4 Å². The third-order valence-electron chi connectivity index (χ3n) is 4.50. The van der Waals surface area contributed by atoms with E-state index in [2.05, 4.69) is 59.9 Å². The Bertz CT molecular complexity index is 634. The molecule has 1 N–H and O–H groups in total. The number of aromatic nitrogens is 1. The van der Waals surface area contributed by atoms with Crippen LogP contribution >= 0.6 is 11.3 Å². The maximum atomic E-state index is 4.85. The summed E-state index contributed by atoms with van der Waals surface area (Å²) in [5.74, 6) is 0. The summed E-state index contributed by atoms with van der Waals surface area (Å²) in [5, 5.41) is 7.76. The topological polar surface area (TPSA) is 28.2 Å². The van der Waals surface area contributed by atoms with E-state index in [0.29, 0.717) is 6.04 Å². The zero-order valence-electron chi connectivity index (χ0n) is 13.9. The van der Waals surface area contributed by atoms with Crippen LogP contribution in [0.3, 0.4) is 0 Å². The first kappa shape index (κ1) is 15.5. The Labute approximate surface area is 137 Å². The molecule has 1 aliphatic heterocycles. The quantitative estimate of drug-likeness (QED) is 0.907. The molecule has 3 rings (SSSR count). The fourth-order valence-electron chi connectivity index (χ4n) is 3.39. The molecule has 0 radical (unpaired) electrons. The van der Waals surface area contributed by atoms with Crippen molar-refractivity contribution < 1.29 is 0 Å². The number of thiophene rings is 1. The molecule has 0 aromatic carbocycles. The van der Waals surface area contributed by atoms with Crippen LogP contribution in [0.4, 0.5) is 5.69 Å². The molecule has 0 saturated heterocycles. The molecule has 0 saturated carbocycles. The largest absolute Gasteiger partial charge is 0.362 e. The number of anilines is 1. The van der Waals surface area contributed by atoms with Crippen LogP contribution in [0.25, 0.3) is 0 Å². The highest BCUT2D eigenvalue weighted by atomic mass is 32.1. The summed E-state index contributed by atoms with van der Waals surface area (Å²) in [7, 11) is 2.03. The minimum atomic E-state index is 0.106. The van der Waals surface area contributed by atoms with Crippen molar-refractivity contribution in [2.24, 2.45) is 0 Å². The molecule has 3 nitrogen and oxygen atoms in total. The van der Waals surface area contributed by atoms with Gasteiger partial charge in [-0.05, 0) is 61.5 Å². The standard InChI is InChI=1S/C18H25N3S/c1-13-5-6-16-17(20-13)18(2,3)12-21(16)15(7-9-19-4)14-8-10-22-11-14/h5-6,8,10-11,15,19H,7,9,12H2,1-4H3. The molecule has 1 unspecified atom stereocenters. The van der Waals surface area contributed by atoms with Gasteiger partial charge in [0.25, 0.3) is 0 Å². The zero-order valence-corrected chi connectivity index (χ0v) is 14.7. The van der Waals surface area contributed by atoms with Crippen LogP contribution in [0.15, 0.2) is 29.0 Å². The van der Waals surface area contributed by atoms with Crippen LogP contribution in [0.1, 0.15) is 43.3 Å². The number of aryl methyl sites for hydroxylation is 1. The van der Waals surface area contributed by atoms with Crippen molar-refractivity contribution in [3.05, 3.63) is 45.9 Å². The van der Waals surface area contributed by atoms with Crippen LogP contribution in [0, 0.1) is 6.92 Å². The smallest absolute Gasteiger partial charge is 0.0713 e. The summed E-state index contributed by atoms with van der Waals surface area (Å²) in [5.41, 5.74) is 5.19. The third-order valence-corrected chi connectivity index (χ3v) is 5.20. The predicted octanol–water partition coefficient (Wildman–Crippen LogP) is 3.90. The summed E-state index contributed by atoms with van der Waals surface area (Å²) in [4.78, 5) is 7.40. The van der Waals surface area contributed by atoms with Gasteiger partial charge in [-0.1, -0.05) is 13.8 Å². The van der Waals surface area contributed by atoms with E-state index in [1.165, 1.54) is 16.9 Å². The number of hydrogen-bond acceptors (Lipinski definition) is 4. The highest BCUT2D eigenvalue weighted by molar-refractivity contribution is 7.08. The maximum Gasteiger partial charge on any atom is 0.0713 e. The first-order valence-electron chi connectivity index (χ1n) is 7.94. The van der Waals surface area contributed by atoms with Gasteiger partial charge in [-0.2, -0.15) is 11.3 Å². The molecule has 0 spiro atoms. The Morgan fingerprint density at radius 3 is 2.86 bits per heavy atom. The molecular weight excluding hydrogens is 290 g/mol. The Morgan fingerprint density at radius 2 is 2.18 bits per heavy atom. The molecule has 2 aromatic rings. The van der Waals surface area contributed by atoms with Crippen molar-refractivity contribution in [2.45, 2.75) is 38.6 Å². The van der Waals surface area contributed by atoms with Gasteiger partial charge in [0.15, 0.2) is 0 Å². The van der Waals surface area contributed by atoms with E-state index in [9.17, 15) is 0 Å². The molecule has 3 heterocycles. The third kappa shape index (κ3) is 2.77. The lowest BCUT2D eigenvalue weighted by atomic mass is 9.91. The number of pyridine rings is 1. The summed E-state index contributed by atoms with van der Waals surface area (Å²) >= 11 is 1.78. The lowest BCUT2D eigenvalue weighted by Gasteiger charge is -2.31. The number of hydrogen-bond donors (Lipinski definition) is 1. The fraction of sp³-hybridized carbons (Fsp3) is 0.500. The van der Waals surface area contributed by atoms with E-state index in [4.69, 9.17) is 4.98 Å². The van der Waals surface area contributed by atoms with E-state index in [1.54, 1.807) is 11.3 Å². The molecule has 0 amide bonds. The second-order valence-corrected chi connectivity index (χ2v) is 7.58. The molecule has 2 aromatic heterocycles. The zero-order chi connectivity index (χ0) is 15.7. The van der Waals surface area contributed by atoms with Crippen LogP contribution in [0.2, 0.25) is 0 Å². The summed E-state index contributed by atoms with van der Waals surface area (Å²) < 4.78 is 0. The van der Waals surface area contributed by atoms with Crippen molar-refractivity contribution in [1.82, 2.24) is 10.3 Å². The highest BCUT2D eigenvalue weighted by Crippen LogP contribution is 2.44. The van der Waals surface area contributed by atoms with E-state index in [-0.39, 0.29) is 5.41 Å². The second kappa shape index (κ2) is 6.01. The van der Waals surface area contributed by atoms with Gasteiger partial charge >= 0.3 is 0 Å². The van der Waals surface area contributed by atoms with Crippen molar-refractivity contribution in [3.63, 3.8) is 0 Å². The number of rotatable bonds is 5. The molecule has 1 aliphatic rings. The molecule has 1 atom stereocenters. The molecule has 0 fully saturated rings. The monoisotopic (exact) mass is 315 g/mol. The van der Waals surface area contributed by atoms with Crippen LogP contribution < -0.4 is 10.2 Å². The van der Waals surface area contributed by atoms with E-state index in [1.807, 2.05) is 7.05 Å². The average Bonchev–Trinajstić information content (AvgIpc) is 3.08. The maximum absolute atomic E-state index is 4.85. The van der Waals surface area contributed by atoms with E-state index in [0.717, 1.165) is 25.2 Å². The summed E-state index contributed by atoms with van der Waals surface area (Å²) in [6, 6.07) is 7.07. The van der Waals surface area contributed by atoms with Crippen molar-refractivity contribution in [2.75, 3.05) is 25.0 Å². The molecule has 118 valence electrons. The Kier molecular flexibility index (Phi) is 4.24. The number of nitrogens with one attached hydrogen (secondary N) is 1. The molecule has 0 bridgehead atoms. The van der Waals surface area contributed by atoms with Crippen LogP contribution in [-0.4, -0.2) is 25.1 Å². The van der Waals surface area contributed by atoms with Crippen LogP contribution in [0.5, 0.6) is 0 Å². The first-order valence-corrected chi connectivity index (χ1v) is 8.88. The molecule has 4 heteroatoms. The number of nitrogens with zero attached hydrogens (tertiary/aromatic N) is 2. The van der Waals surface area contributed by atoms with Crippen molar-refractivity contribution in [3.8, 4) is 0 Å².